The van der Waals surface area contributed by atoms with Gasteiger partial charge in [-0.2, -0.15) is 0 Å². The quantitative estimate of drug-likeness (QED) is 0.839. The Kier molecular flexibility index (Phi) is 4.72. The van der Waals surface area contributed by atoms with Crippen molar-refractivity contribution in [2.45, 2.75) is 13.3 Å². The number of halogens is 2. The average Bonchev–Trinajstić information content (AvgIpc) is 2.21. The first-order valence-electron chi connectivity index (χ1n) is 4.80. The predicted molar refractivity (Wildman–Crippen MR) is 58.7 cm³/mol. The van der Waals surface area contributed by atoms with E-state index in [1.807, 2.05) is 6.92 Å². The van der Waals surface area contributed by atoms with Crippen LogP contribution in [0.4, 0.5) is 4.39 Å². The van der Waals surface area contributed by atoms with Crippen LogP contribution in [0.15, 0.2) is 18.2 Å². The highest BCUT2D eigenvalue weighted by atomic mass is 35.5. The number of Topliss-reactive ketones (excluding diaryl/α,β-unsaturated/α-hetero) is 1. The van der Waals surface area contributed by atoms with Gasteiger partial charge in [0.1, 0.15) is 5.82 Å². The molecule has 0 aliphatic heterocycles. The van der Waals surface area contributed by atoms with Crippen LogP contribution in [0.5, 0.6) is 0 Å². The van der Waals surface area contributed by atoms with Gasteiger partial charge in [0.05, 0.1) is 6.54 Å². The van der Waals surface area contributed by atoms with E-state index in [1.54, 1.807) is 6.07 Å². The maximum absolute atomic E-state index is 13.3. The molecule has 0 fully saturated rings. The van der Waals surface area contributed by atoms with Crippen molar-refractivity contribution < 1.29 is 9.18 Å². The van der Waals surface area contributed by atoms with Crippen molar-refractivity contribution in [1.82, 2.24) is 5.32 Å². The number of likely N-dealkylation sites (N-methyl/N-ethyl adjacent to an activating group) is 1. The predicted octanol–water partition coefficient (Wildman–Crippen LogP) is 2.20. The molecule has 1 rings (SSSR count). The molecule has 0 radical (unpaired) electrons. The summed E-state index contributed by atoms with van der Waals surface area (Å²) in [5.41, 5.74) is 0.280. The summed E-state index contributed by atoms with van der Waals surface area (Å²) in [6, 6.07) is 4.41. The molecule has 2 nitrogen and oxygen atoms in total. The SMILES string of the molecule is CCNCC(=O)Cc1c(F)cccc1Cl. The van der Waals surface area contributed by atoms with Gasteiger partial charge in [-0.05, 0) is 18.7 Å². The van der Waals surface area contributed by atoms with Crippen LogP contribution < -0.4 is 5.32 Å². The maximum Gasteiger partial charge on any atom is 0.151 e. The summed E-state index contributed by atoms with van der Waals surface area (Å²) in [7, 11) is 0. The van der Waals surface area contributed by atoms with Gasteiger partial charge in [-0.1, -0.05) is 24.6 Å². The van der Waals surface area contributed by atoms with Crippen molar-refractivity contribution in [1.29, 1.82) is 0 Å². The molecule has 0 bridgehead atoms. The van der Waals surface area contributed by atoms with Crippen LogP contribution in [-0.4, -0.2) is 18.9 Å². The van der Waals surface area contributed by atoms with Crippen LogP contribution >= 0.6 is 11.6 Å². The molecule has 0 saturated heterocycles. The highest BCUT2D eigenvalue weighted by Crippen LogP contribution is 2.19. The summed E-state index contributed by atoms with van der Waals surface area (Å²) in [4.78, 5) is 11.4. The molecule has 0 spiro atoms. The zero-order valence-electron chi connectivity index (χ0n) is 8.52. The number of hydrogen-bond donors (Lipinski definition) is 1. The van der Waals surface area contributed by atoms with Crippen LogP contribution in [0.1, 0.15) is 12.5 Å². The number of hydrogen-bond acceptors (Lipinski definition) is 2. The van der Waals surface area contributed by atoms with E-state index in [9.17, 15) is 9.18 Å². The van der Waals surface area contributed by atoms with Gasteiger partial charge >= 0.3 is 0 Å². The van der Waals surface area contributed by atoms with Gasteiger partial charge < -0.3 is 5.32 Å². The van der Waals surface area contributed by atoms with Gasteiger partial charge in [0.2, 0.25) is 0 Å². The molecule has 1 N–H and O–H groups in total. The second kappa shape index (κ2) is 5.83. The molecule has 0 amide bonds. The number of rotatable bonds is 5. The second-order valence-corrected chi connectivity index (χ2v) is 3.60. The molecule has 0 aliphatic rings. The zero-order chi connectivity index (χ0) is 11.3. The highest BCUT2D eigenvalue weighted by molar-refractivity contribution is 6.31. The van der Waals surface area contributed by atoms with Crippen molar-refractivity contribution >= 4 is 17.4 Å². The minimum absolute atomic E-state index is 0.0402. The lowest BCUT2D eigenvalue weighted by Crippen LogP contribution is -2.24. The smallest absolute Gasteiger partial charge is 0.151 e. The third kappa shape index (κ3) is 3.61. The Morgan fingerprint density at radius 2 is 2.27 bits per heavy atom. The first kappa shape index (κ1) is 12.1. The van der Waals surface area contributed by atoms with Crippen LogP contribution in [0.25, 0.3) is 0 Å². The number of ketones is 1. The topological polar surface area (TPSA) is 29.1 Å². The third-order valence-electron chi connectivity index (χ3n) is 2.01. The van der Waals surface area contributed by atoms with Crippen molar-refractivity contribution in [3.05, 3.63) is 34.6 Å². The monoisotopic (exact) mass is 229 g/mol. The Morgan fingerprint density at radius 1 is 1.53 bits per heavy atom. The Labute approximate surface area is 93.4 Å². The van der Waals surface area contributed by atoms with E-state index in [4.69, 9.17) is 11.6 Å². The van der Waals surface area contributed by atoms with Crippen molar-refractivity contribution in [2.24, 2.45) is 0 Å². The first-order chi connectivity index (χ1) is 7.15. The van der Waals surface area contributed by atoms with Gasteiger partial charge in [0.15, 0.2) is 5.78 Å². The average molecular weight is 230 g/mol. The molecule has 0 atom stereocenters. The van der Waals surface area contributed by atoms with Gasteiger partial charge in [-0.15, -0.1) is 0 Å². The summed E-state index contributed by atoms with van der Waals surface area (Å²) in [6.07, 6.45) is 0.0402. The summed E-state index contributed by atoms with van der Waals surface area (Å²) in [5, 5.41) is 3.20. The van der Waals surface area contributed by atoms with Crippen LogP contribution in [0, 0.1) is 5.82 Å². The van der Waals surface area contributed by atoms with E-state index in [1.165, 1.54) is 12.1 Å². The normalized spacial score (nSPS) is 10.3. The van der Waals surface area contributed by atoms with Gasteiger partial charge in [0, 0.05) is 17.0 Å². The molecule has 15 heavy (non-hydrogen) atoms. The van der Waals surface area contributed by atoms with Gasteiger partial charge in [0.25, 0.3) is 0 Å². The van der Waals surface area contributed by atoms with Crippen LogP contribution in [0.2, 0.25) is 5.02 Å². The van der Waals surface area contributed by atoms with E-state index >= 15 is 0 Å². The largest absolute Gasteiger partial charge is 0.310 e. The third-order valence-corrected chi connectivity index (χ3v) is 2.36. The minimum Gasteiger partial charge on any atom is -0.310 e. The summed E-state index contributed by atoms with van der Waals surface area (Å²) < 4.78 is 13.3. The Balaban J connectivity index is 2.68. The number of nitrogens with one attached hydrogen (secondary N) is 1. The van der Waals surface area contributed by atoms with Crippen LogP contribution in [0.3, 0.4) is 0 Å². The van der Waals surface area contributed by atoms with Crippen molar-refractivity contribution in [3.8, 4) is 0 Å². The fourth-order valence-electron chi connectivity index (χ4n) is 1.23. The fourth-order valence-corrected chi connectivity index (χ4v) is 1.46. The maximum atomic E-state index is 13.3. The fraction of sp³-hybridized carbons (Fsp3) is 0.364. The molecule has 0 aromatic heterocycles. The van der Waals surface area contributed by atoms with Gasteiger partial charge in [-0.25, -0.2) is 4.39 Å². The first-order valence-corrected chi connectivity index (χ1v) is 5.18. The number of carbonyl (C=O) groups excluding carboxylic acids is 1. The summed E-state index contributed by atoms with van der Waals surface area (Å²) in [6.45, 7) is 2.88. The molecule has 1 aromatic rings. The lowest BCUT2D eigenvalue weighted by Gasteiger charge is -2.05. The molecule has 0 unspecified atom stereocenters. The van der Waals surface area contributed by atoms with E-state index in [0.717, 1.165) is 6.54 Å². The lowest BCUT2D eigenvalue weighted by atomic mass is 10.1. The minimum atomic E-state index is -0.424. The van der Waals surface area contributed by atoms with E-state index < -0.39 is 5.82 Å². The number of benzene rings is 1. The Bertz CT molecular complexity index is 334. The zero-order valence-corrected chi connectivity index (χ0v) is 9.27. The highest BCUT2D eigenvalue weighted by Gasteiger charge is 2.10. The molecule has 4 heteroatoms. The molecule has 0 aliphatic carbocycles. The second-order valence-electron chi connectivity index (χ2n) is 3.20. The molecule has 1 aromatic carbocycles. The molecule has 0 heterocycles. The van der Waals surface area contributed by atoms with E-state index in [-0.39, 0.29) is 24.3 Å². The standard InChI is InChI=1S/C11H13ClFNO/c1-2-14-7-8(15)6-9-10(12)4-3-5-11(9)13/h3-5,14H,2,6-7H2,1H3. The molecule has 82 valence electrons. The summed E-state index contributed by atoms with van der Waals surface area (Å²) >= 11 is 5.80. The molecule has 0 saturated carbocycles. The van der Waals surface area contributed by atoms with Crippen molar-refractivity contribution in [3.63, 3.8) is 0 Å². The van der Waals surface area contributed by atoms with E-state index in [2.05, 4.69) is 5.32 Å². The number of carbonyl (C=O) groups is 1. The van der Waals surface area contributed by atoms with E-state index in [0.29, 0.717) is 5.02 Å². The van der Waals surface area contributed by atoms with Crippen LogP contribution in [-0.2, 0) is 11.2 Å². The lowest BCUT2D eigenvalue weighted by molar-refractivity contribution is -0.117. The Morgan fingerprint density at radius 3 is 2.87 bits per heavy atom. The van der Waals surface area contributed by atoms with Crippen molar-refractivity contribution in [2.75, 3.05) is 13.1 Å². The molecular formula is C11H13ClFNO. The Hall–Kier alpha value is -0.930. The summed E-state index contributed by atoms with van der Waals surface area (Å²) in [5.74, 6) is -0.490. The molecular weight excluding hydrogens is 217 g/mol. The van der Waals surface area contributed by atoms with Gasteiger partial charge in [-0.3, -0.25) is 4.79 Å².